The second-order valence-electron chi connectivity index (χ2n) is 2.23. The number of ether oxygens (including phenoxy) is 1. The van der Waals surface area contributed by atoms with Crippen molar-refractivity contribution in [2.75, 3.05) is 0 Å². The molecule has 0 bridgehead atoms. The summed E-state index contributed by atoms with van der Waals surface area (Å²) in [7, 11) is 0. The van der Waals surface area contributed by atoms with Crippen LogP contribution in [0, 0.1) is 5.92 Å². The van der Waals surface area contributed by atoms with Crippen LogP contribution in [-0.4, -0.2) is 5.97 Å². The number of esters is 1. The average molecular weight is 126 g/mol. The molecule has 0 atom stereocenters. The van der Waals surface area contributed by atoms with E-state index in [4.69, 9.17) is 0 Å². The molecule has 1 fully saturated rings. The molecule has 0 aromatic heterocycles. The lowest BCUT2D eigenvalue weighted by Gasteiger charge is -2.21. The number of carbonyl (C=O) groups excluding carboxylic acids is 1. The molecule has 0 amide bonds. The largest absolute Gasteiger partial charge is 0.435 e. The molecular formula is C7H10O2. The number of hydrogen-bond donors (Lipinski definition) is 0. The molecule has 0 N–H and O–H groups in total. The molecule has 0 radical (unpaired) electrons. The number of rotatable bonds is 2. The first-order valence-corrected chi connectivity index (χ1v) is 3.16. The van der Waals surface area contributed by atoms with Crippen LogP contribution in [0.3, 0.4) is 0 Å². The zero-order valence-corrected chi connectivity index (χ0v) is 5.30. The van der Waals surface area contributed by atoms with E-state index in [1.54, 1.807) is 0 Å². The first-order valence-electron chi connectivity index (χ1n) is 3.16. The lowest BCUT2D eigenvalue weighted by atomic mass is 9.86. The van der Waals surface area contributed by atoms with Crippen LogP contribution in [-0.2, 0) is 9.53 Å². The monoisotopic (exact) mass is 126 g/mol. The summed E-state index contributed by atoms with van der Waals surface area (Å²) in [5, 5.41) is 0. The van der Waals surface area contributed by atoms with Gasteiger partial charge in [-0.2, -0.15) is 0 Å². The third-order valence-electron chi connectivity index (χ3n) is 1.64. The van der Waals surface area contributed by atoms with Gasteiger partial charge >= 0.3 is 5.97 Å². The van der Waals surface area contributed by atoms with Crippen molar-refractivity contribution in [2.24, 2.45) is 5.92 Å². The van der Waals surface area contributed by atoms with E-state index in [1.165, 1.54) is 6.26 Å². The van der Waals surface area contributed by atoms with E-state index >= 15 is 0 Å². The molecule has 0 spiro atoms. The summed E-state index contributed by atoms with van der Waals surface area (Å²) in [5.74, 6) is 0.0549. The highest BCUT2D eigenvalue weighted by Crippen LogP contribution is 2.27. The third-order valence-corrected chi connectivity index (χ3v) is 1.64. The molecule has 0 heterocycles. The number of hydrogen-bond acceptors (Lipinski definition) is 2. The Morgan fingerprint density at radius 3 is 2.67 bits per heavy atom. The molecule has 0 aromatic carbocycles. The van der Waals surface area contributed by atoms with E-state index in [1.807, 2.05) is 0 Å². The molecule has 1 saturated carbocycles. The quantitative estimate of drug-likeness (QED) is 0.413. The molecular weight excluding hydrogens is 116 g/mol. The topological polar surface area (TPSA) is 26.3 Å². The lowest BCUT2D eigenvalue weighted by molar-refractivity contribution is -0.145. The Bertz CT molecular complexity index is 125. The van der Waals surface area contributed by atoms with E-state index in [2.05, 4.69) is 11.3 Å². The SMILES string of the molecule is C=COC(=O)C1CCC1. The first-order chi connectivity index (χ1) is 4.34. The molecule has 0 aromatic rings. The van der Waals surface area contributed by atoms with E-state index < -0.39 is 0 Å². The highest BCUT2D eigenvalue weighted by atomic mass is 16.5. The van der Waals surface area contributed by atoms with Crippen molar-refractivity contribution in [1.82, 2.24) is 0 Å². The minimum absolute atomic E-state index is 0.115. The Hall–Kier alpha value is -0.790. The molecule has 2 nitrogen and oxygen atoms in total. The zero-order chi connectivity index (χ0) is 6.69. The minimum Gasteiger partial charge on any atom is -0.435 e. The normalized spacial score (nSPS) is 18.2. The summed E-state index contributed by atoms with van der Waals surface area (Å²) >= 11 is 0. The van der Waals surface area contributed by atoms with Gasteiger partial charge in [0.05, 0.1) is 12.2 Å². The van der Waals surface area contributed by atoms with Crippen LogP contribution in [0.5, 0.6) is 0 Å². The second kappa shape index (κ2) is 2.67. The van der Waals surface area contributed by atoms with Crippen LogP contribution in [0.1, 0.15) is 19.3 Å². The van der Waals surface area contributed by atoms with Gasteiger partial charge in [-0.25, -0.2) is 0 Å². The second-order valence-corrected chi connectivity index (χ2v) is 2.23. The molecule has 9 heavy (non-hydrogen) atoms. The van der Waals surface area contributed by atoms with Crippen LogP contribution in [0.2, 0.25) is 0 Å². The Labute approximate surface area is 54.5 Å². The van der Waals surface area contributed by atoms with Gasteiger partial charge in [0.2, 0.25) is 0 Å². The lowest BCUT2D eigenvalue weighted by Crippen LogP contribution is -2.22. The van der Waals surface area contributed by atoms with E-state index in [-0.39, 0.29) is 11.9 Å². The maximum absolute atomic E-state index is 10.7. The van der Waals surface area contributed by atoms with Gasteiger partial charge in [-0.15, -0.1) is 0 Å². The van der Waals surface area contributed by atoms with E-state index in [0.29, 0.717) is 0 Å². The van der Waals surface area contributed by atoms with Gasteiger partial charge in [-0.3, -0.25) is 4.79 Å². The molecule has 0 unspecified atom stereocenters. The standard InChI is InChI=1S/C7H10O2/c1-2-9-7(8)6-4-3-5-6/h2,6H,1,3-5H2. The highest BCUT2D eigenvalue weighted by molar-refractivity contribution is 5.73. The van der Waals surface area contributed by atoms with Crippen molar-refractivity contribution >= 4 is 5.97 Å². The predicted octanol–water partition coefficient (Wildman–Crippen LogP) is 1.47. The van der Waals surface area contributed by atoms with Crippen molar-refractivity contribution < 1.29 is 9.53 Å². The molecule has 2 heteroatoms. The zero-order valence-electron chi connectivity index (χ0n) is 5.30. The Kier molecular flexibility index (Phi) is 1.88. The van der Waals surface area contributed by atoms with Crippen LogP contribution in [0.15, 0.2) is 12.8 Å². The molecule has 0 saturated heterocycles. The van der Waals surface area contributed by atoms with Gasteiger partial charge in [0.1, 0.15) is 0 Å². The van der Waals surface area contributed by atoms with Crippen LogP contribution in [0.4, 0.5) is 0 Å². The van der Waals surface area contributed by atoms with Crippen LogP contribution < -0.4 is 0 Å². The maximum Gasteiger partial charge on any atom is 0.313 e. The van der Waals surface area contributed by atoms with Gasteiger partial charge in [-0.05, 0) is 12.8 Å². The Balaban J connectivity index is 2.23. The summed E-state index contributed by atoms with van der Waals surface area (Å²) in [4.78, 5) is 10.7. The summed E-state index contributed by atoms with van der Waals surface area (Å²) in [6.07, 6.45) is 4.34. The first kappa shape index (κ1) is 6.33. The molecule has 1 rings (SSSR count). The molecule has 1 aliphatic carbocycles. The van der Waals surface area contributed by atoms with E-state index in [9.17, 15) is 4.79 Å². The molecule has 0 aliphatic heterocycles. The fraction of sp³-hybridized carbons (Fsp3) is 0.571. The summed E-state index contributed by atoms with van der Waals surface area (Å²) in [5.41, 5.74) is 0. The van der Waals surface area contributed by atoms with Crippen molar-refractivity contribution in [1.29, 1.82) is 0 Å². The maximum atomic E-state index is 10.7. The smallest absolute Gasteiger partial charge is 0.313 e. The summed E-state index contributed by atoms with van der Waals surface area (Å²) in [6.45, 7) is 3.30. The molecule has 50 valence electrons. The van der Waals surface area contributed by atoms with Gasteiger partial charge in [0, 0.05) is 0 Å². The Morgan fingerprint density at radius 2 is 2.33 bits per heavy atom. The summed E-state index contributed by atoms with van der Waals surface area (Å²) in [6, 6.07) is 0. The van der Waals surface area contributed by atoms with Gasteiger partial charge in [0.25, 0.3) is 0 Å². The Morgan fingerprint density at radius 1 is 1.67 bits per heavy atom. The van der Waals surface area contributed by atoms with Crippen molar-refractivity contribution in [3.63, 3.8) is 0 Å². The van der Waals surface area contributed by atoms with Gasteiger partial charge in [-0.1, -0.05) is 13.0 Å². The molecule has 1 aliphatic rings. The van der Waals surface area contributed by atoms with E-state index in [0.717, 1.165) is 19.3 Å². The summed E-state index contributed by atoms with van der Waals surface area (Å²) < 4.78 is 4.57. The average Bonchev–Trinajstić information content (AvgIpc) is 1.60. The van der Waals surface area contributed by atoms with Gasteiger partial charge < -0.3 is 4.74 Å². The van der Waals surface area contributed by atoms with Crippen LogP contribution >= 0.6 is 0 Å². The van der Waals surface area contributed by atoms with Crippen molar-refractivity contribution in [2.45, 2.75) is 19.3 Å². The third kappa shape index (κ3) is 1.31. The van der Waals surface area contributed by atoms with Crippen LogP contribution in [0.25, 0.3) is 0 Å². The van der Waals surface area contributed by atoms with Crippen molar-refractivity contribution in [3.05, 3.63) is 12.8 Å². The predicted molar refractivity (Wildman–Crippen MR) is 33.6 cm³/mol. The highest BCUT2D eigenvalue weighted by Gasteiger charge is 2.25. The van der Waals surface area contributed by atoms with Gasteiger partial charge in [0.15, 0.2) is 0 Å². The fourth-order valence-electron chi connectivity index (χ4n) is 0.822. The minimum atomic E-state index is -0.115. The van der Waals surface area contributed by atoms with Crippen molar-refractivity contribution in [3.8, 4) is 0 Å². The number of carbonyl (C=O) groups is 1. The fourth-order valence-corrected chi connectivity index (χ4v) is 0.822.